The number of amides is 1. The fourth-order valence-corrected chi connectivity index (χ4v) is 3.82. The quantitative estimate of drug-likeness (QED) is 0.670. The van der Waals surface area contributed by atoms with Gasteiger partial charge in [-0.1, -0.05) is 43.3 Å². The first-order valence-corrected chi connectivity index (χ1v) is 9.12. The van der Waals surface area contributed by atoms with E-state index in [0.29, 0.717) is 11.7 Å². The standard InChI is InChI=1S/C18H21N3O2S/c1-3-6-14-11-16(22)20-18(19-14)24-12(2)17(23)21-10-9-13-7-4-5-8-15(13)21/h4-5,7-8,11-12H,3,6,9-10H2,1-2H3,(H,19,20,22). The van der Waals surface area contributed by atoms with E-state index in [2.05, 4.69) is 16.0 Å². The molecule has 24 heavy (non-hydrogen) atoms. The van der Waals surface area contributed by atoms with Crippen molar-refractivity contribution in [2.45, 2.75) is 43.5 Å². The van der Waals surface area contributed by atoms with Gasteiger partial charge in [-0.2, -0.15) is 0 Å². The zero-order valence-electron chi connectivity index (χ0n) is 13.9. The second-order valence-corrected chi connectivity index (χ2v) is 7.25. The third-order valence-corrected chi connectivity index (χ3v) is 5.04. The molecule has 3 rings (SSSR count). The molecule has 1 aromatic heterocycles. The first-order valence-electron chi connectivity index (χ1n) is 8.24. The second kappa shape index (κ2) is 7.21. The highest BCUT2D eigenvalue weighted by atomic mass is 32.2. The lowest BCUT2D eigenvalue weighted by molar-refractivity contribution is -0.117. The highest BCUT2D eigenvalue weighted by molar-refractivity contribution is 8.00. The Balaban J connectivity index is 1.75. The van der Waals surface area contributed by atoms with Crippen LogP contribution in [0.2, 0.25) is 0 Å². The molecular weight excluding hydrogens is 322 g/mol. The summed E-state index contributed by atoms with van der Waals surface area (Å²) >= 11 is 1.31. The number of benzene rings is 1. The molecule has 0 saturated heterocycles. The molecular formula is C18H21N3O2S. The number of nitrogens with zero attached hydrogens (tertiary/aromatic N) is 2. The van der Waals surface area contributed by atoms with Gasteiger partial charge in [0.05, 0.1) is 5.25 Å². The minimum absolute atomic E-state index is 0.0495. The molecule has 1 atom stereocenters. The van der Waals surface area contributed by atoms with Crippen LogP contribution in [0.1, 0.15) is 31.5 Å². The summed E-state index contributed by atoms with van der Waals surface area (Å²) in [5.41, 5.74) is 2.81. The van der Waals surface area contributed by atoms with Crippen LogP contribution in [-0.2, 0) is 17.6 Å². The lowest BCUT2D eigenvalue weighted by Gasteiger charge is -2.21. The summed E-state index contributed by atoms with van der Waals surface area (Å²) in [6.45, 7) is 4.62. The van der Waals surface area contributed by atoms with Crippen LogP contribution < -0.4 is 10.5 Å². The Hall–Kier alpha value is -2.08. The number of aryl methyl sites for hydroxylation is 1. The largest absolute Gasteiger partial charge is 0.311 e. The van der Waals surface area contributed by atoms with Crippen molar-refractivity contribution in [2.75, 3.05) is 11.4 Å². The maximum Gasteiger partial charge on any atom is 0.251 e. The van der Waals surface area contributed by atoms with E-state index in [1.54, 1.807) is 0 Å². The summed E-state index contributed by atoms with van der Waals surface area (Å²) in [6, 6.07) is 9.53. The van der Waals surface area contributed by atoms with Gasteiger partial charge in [-0.3, -0.25) is 9.59 Å². The van der Waals surface area contributed by atoms with E-state index < -0.39 is 0 Å². The number of aromatic nitrogens is 2. The molecule has 0 spiro atoms. The minimum atomic E-state index is -0.309. The van der Waals surface area contributed by atoms with Crippen molar-refractivity contribution in [2.24, 2.45) is 0 Å². The maximum absolute atomic E-state index is 12.8. The Bertz CT molecular complexity index is 803. The van der Waals surface area contributed by atoms with Gasteiger partial charge < -0.3 is 9.88 Å². The van der Waals surface area contributed by atoms with E-state index in [-0.39, 0.29) is 16.7 Å². The third-order valence-electron chi connectivity index (χ3n) is 4.07. The predicted molar refractivity (Wildman–Crippen MR) is 96.7 cm³/mol. The molecule has 1 unspecified atom stereocenters. The van der Waals surface area contributed by atoms with E-state index in [9.17, 15) is 9.59 Å². The number of thioether (sulfide) groups is 1. The summed E-state index contributed by atoms with van der Waals surface area (Å²) in [5.74, 6) is 0.0495. The Morgan fingerprint density at radius 2 is 2.21 bits per heavy atom. The highest BCUT2D eigenvalue weighted by Crippen LogP contribution is 2.30. The molecule has 1 amide bonds. The number of H-pyrrole nitrogens is 1. The monoisotopic (exact) mass is 343 g/mol. The first kappa shape index (κ1) is 16.8. The molecule has 2 heterocycles. The number of para-hydroxylation sites is 1. The molecule has 1 aromatic carbocycles. The molecule has 1 N–H and O–H groups in total. The number of carbonyl (C=O) groups excluding carboxylic acids is 1. The summed E-state index contributed by atoms with van der Waals surface area (Å²) in [7, 11) is 0. The zero-order chi connectivity index (χ0) is 17.1. The zero-order valence-corrected chi connectivity index (χ0v) is 14.7. The van der Waals surface area contributed by atoms with E-state index in [4.69, 9.17) is 0 Å². The fraction of sp³-hybridized carbons (Fsp3) is 0.389. The van der Waals surface area contributed by atoms with Crippen LogP contribution in [0, 0.1) is 0 Å². The molecule has 0 bridgehead atoms. The van der Waals surface area contributed by atoms with Gasteiger partial charge >= 0.3 is 0 Å². The van der Waals surface area contributed by atoms with Gasteiger partial charge in [0.15, 0.2) is 5.16 Å². The molecule has 0 saturated carbocycles. The SMILES string of the molecule is CCCc1cc(=O)[nH]c(SC(C)C(=O)N2CCc3ccccc32)n1. The molecule has 2 aromatic rings. The average molecular weight is 343 g/mol. The van der Waals surface area contributed by atoms with Gasteiger partial charge in [-0.05, 0) is 31.4 Å². The van der Waals surface area contributed by atoms with Gasteiger partial charge in [0.25, 0.3) is 5.56 Å². The summed E-state index contributed by atoms with van der Waals surface area (Å²) in [4.78, 5) is 33.6. The third kappa shape index (κ3) is 3.53. The second-order valence-electron chi connectivity index (χ2n) is 5.92. The average Bonchev–Trinajstić information content (AvgIpc) is 2.98. The van der Waals surface area contributed by atoms with Crippen molar-refractivity contribution >= 4 is 23.4 Å². The lowest BCUT2D eigenvalue weighted by Crippen LogP contribution is -2.35. The van der Waals surface area contributed by atoms with Crippen LogP contribution in [-0.4, -0.2) is 27.7 Å². The van der Waals surface area contributed by atoms with Crippen LogP contribution in [0.15, 0.2) is 40.3 Å². The molecule has 1 aliphatic rings. The highest BCUT2D eigenvalue weighted by Gasteiger charge is 2.28. The number of carbonyl (C=O) groups is 1. The minimum Gasteiger partial charge on any atom is -0.311 e. The van der Waals surface area contributed by atoms with Crippen molar-refractivity contribution < 1.29 is 4.79 Å². The fourth-order valence-electron chi connectivity index (χ4n) is 2.93. The summed E-state index contributed by atoms with van der Waals surface area (Å²) < 4.78 is 0. The Morgan fingerprint density at radius 1 is 1.42 bits per heavy atom. The lowest BCUT2D eigenvalue weighted by atomic mass is 10.2. The number of hydrogen-bond donors (Lipinski definition) is 1. The van der Waals surface area contributed by atoms with Crippen molar-refractivity contribution in [3.63, 3.8) is 0 Å². The Morgan fingerprint density at radius 3 is 3.00 bits per heavy atom. The van der Waals surface area contributed by atoms with E-state index in [1.165, 1.54) is 23.4 Å². The van der Waals surface area contributed by atoms with Gasteiger partial charge in [0.1, 0.15) is 0 Å². The van der Waals surface area contributed by atoms with Crippen LogP contribution in [0.25, 0.3) is 0 Å². The van der Waals surface area contributed by atoms with Crippen molar-refractivity contribution in [1.82, 2.24) is 9.97 Å². The number of anilines is 1. The van der Waals surface area contributed by atoms with Gasteiger partial charge in [-0.15, -0.1) is 0 Å². The van der Waals surface area contributed by atoms with Crippen LogP contribution in [0.4, 0.5) is 5.69 Å². The van der Waals surface area contributed by atoms with E-state index in [0.717, 1.165) is 30.6 Å². The van der Waals surface area contributed by atoms with Crippen LogP contribution >= 0.6 is 11.8 Å². The molecule has 1 aliphatic heterocycles. The number of nitrogens with one attached hydrogen (secondary N) is 1. The number of hydrogen-bond acceptors (Lipinski definition) is 4. The smallest absolute Gasteiger partial charge is 0.251 e. The van der Waals surface area contributed by atoms with E-state index in [1.807, 2.05) is 36.9 Å². The van der Waals surface area contributed by atoms with Crippen molar-refractivity contribution in [3.05, 3.63) is 51.9 Å². The summed E-state index contributed by atoms with van der Waals surface area (Å²) in [6.07, 6.45) is 2.58. The van der Waals surface area contributed by atoms with Crippen molar-refractivity contribution in [3.8, 4) is 0 Å². The normalized spacial score (nSPS) is 14.5. The maximum atomic E-state index is 12.8. The predicted octanol–water partition coefficient (Wildman–Crippen LogP) is 2.79. The topological polar surface area (TPSA) is 66.1 Å². The Kier molecular flexibility index (Phi) is 5.04. The van der Waals surface area contributed by atoms with Gasteiger partial charge in [0, 0.05) is 24.0 Å². The van der Waals surface area contributed by atoms with Crippen LogP contribution in [0.5, 0.6) is 0 Å². The molecule has 126 valence electrons. The van der Waals surface area contributed by atoms with E-state index >= 15 is 0 Å². The summed E-state index contributed by atoms with van der Waals surface area (Å²) in [5, 5.41) is 0.204. The molecule has 0 radical (unpaired) electrons. The molecule has 5 nitrogen and oxygen atoms in total. The van der Waals surface area contributed by atoms with Crippen LogP contribution in [0.3, 0.4) is 0 Å². The van der Waals surface area contributed by atoms with Gasteiger partial charge in [-0.25, -0.2) is 4.98 Å². The number of fused-ring (bicyclic) bond motifs is 1. The molecule has 6 heteroatoms. The Labute approximate surface area is 145 Å². The first-order chi connectivity index (χ1) is 11.6. The molecule has 0 aliphatic carbocycles. The van der Waals surface area contributed by atoms with Crippen molar-refractivity contribution in [1.29, 1.82) is 0 Å². The number of rotatable bonds is 5. The molecule has 0 fully saturated rings. The number of aromatic amines is 1. The van der Waals surface area contributed by atoms with Gasteiger partial charge in [0.2, 0.25) is 5.91 Å².